The number of aliphatic hydroxyl groups is 1. The fourth-order valence-corrected chi connectivity index (χ4v) is 2.55. The molecule has 0 bridgehead atoms. The normalized spacial score (nSPS) is 15.9. The summed E-state index contributed by atoms with van der Waals surface area (Å²) in [6.45, 7) is 0.755. The second-order valence-electron chi connectivity index (χ2n) is 5.37. The van der Waals surface area contributed by atoms with Gasteiger partial charge in [0, 0.05) is 0 Å². The van der Waals surface area contributed by atoms with Crippen LogP contribution in [0.5, 0.6) is 5.75 Å². The van der Waals surface area contributed by atoms with E-state index in [0.29, 0.717) is 29.4 Å². The smallest absolute Gasteiger partial charge is 0.256 e. The minimum absolute atomic E-state index is 0.153. The van der Waals surface area contributed by atoms with Crippen LogP contribution in [0.2, 0.25) is 5.02 Å². The van der Waals surface area contributed by atoms with Crippen LogP contribution in [0, 0.1) is 5.82 Å². The minimum atomic E-state index is -1.29. The molecule has 1 saturated heterocycles. The maximum Gasteiger partial charge on any atom is 0.256 e. The molecule has 1 aliphatic heterocycles. The van der Waals surface area contributed by atoms with Gasteiger partial charge in [0.25, 0.3) is 5.91 Å². The van der Waals surface area contributed by atoms with Gasteiger partial charge in [-0.1, -0.05) is 35.9 Å². The van der Waals surface area contributed by atoms with Gasteiger partial charge in [-0.25, -0.2) is 4.39 Å². The Morgan fingerprint density at radius 1 is 1.22 bits per heavy atom. The molecule has 1 heterocycles. The van der Waals surface area contributed by atoms with Crippen molar-refractivity contribution in [1.29, 1.82) is 0 Å². The number of aliphatic hydroxyl groups excluding tert-OH is 1. The van der Waals surface area contributed by atoms with Crippen LogP contribution in [0.15, 0.2) is 48.5 Å². The Bertz CT molecular complexity index is 701. The average Bonchev–Trinajstić information content (AvgIpc) is 2.51. The number of hydrogen-bond acceptors (Lipinski definition) is 3. The largest absolute Gasteiger partial charge is 0.485 e. The maximum atomic E-state index is 12.9. The van der Waals surface area contributed by atoms with Gasteiger partial charge in [-0.05, 0) is 29.8 Å². The molecule has 3 rings (SSSR count). The number of ether oxygens (including phenoxy) is 1. The van der Waals surface area contributed by atoms with Gasteiger partial charge in [-0.15, -0.1) is 0 Å². The summed E-state index contributed by atoms with van der Waals surface area (Å²) >= 11 is 6.02. The van der Waals surface area contributed by atoms with Crippen LogP contribution < -0.4 is 4.74 Å². The first-order valence-corrected chi connectivity index (χ1v) is 7.56. The Balaban J connectivity index is 1.55. The lowest BCUT2D eigenvalue weighted by molar-refractivity contribution is -0.149. The van der Waals surface area contributed by atoms with Gasteiger partial charge >= 0.3 is 0 Å². The lowest BCUT2D eigenvalue weighted by Crippen LogP contribution is -2.57. The van der Waals surface area contributed by atoms with Crippen molar-refractivity contribution in [3.8, 4) is 5.75 Å². The van der Waals surface area contributed by atoms with Gasteiger partial charge in [0.2, 0.25) is 0 Å². The van der Waals surface area contributed by atoms with Gasteiger partial charge in [0.05, 0.1) is 18.1 Å². The second-order valence-corrected chi connectivity index (χ2v) is 5.77. The van der Waals surface area contributed by atoms with Gasteiger partial charge in [-0.2, -0.15) is 0 Å². The van der Waals surface area contributed by atoms with Crippen molar-refractivity contribution < 1.29 is 19.0 Å². The summed E-state index contributed by atoms with van der Waals surface area (Å²) in [5, 5.41) is 10.6. The van der Waals surface area contributed by atoms with E-state index >= 15 is 0 Å². The van der Waals surface area contributed by atoms with Gasteiger partial charge in [0.15, 0.2) is 6.10 Å². The highest BCUT2D eigenvalue weighted by Gasteiger charge is 2.35. The van der Waals surface area contributed by atoms with E-state index in [-0.39, 0.29) is 6.10 Å². The molecule has 23 heavy (non-hydrogen) atoms. The molecular weight excluding hydrogens is 321 g/mol. The average molecular weight is 336 g/mol. The Morgan fingerprint density at radius 3 is 2.52 bits per heavy atom. The Kier molecular flexibility index (Phi) is 4.50. The molecule has 1 fully saturated rings. The molecule has 120 valence electrons. The van der Waals surface area contributed by atoms with Crippen LogP contribution in [-0.2, 0) is 4.79 Å². The number of likely N-dealkylation sites (tertiary alicyclic amines) is 1. The van der Waals surface area contributed by atoms with E-state index in [2.05, 4.69) is 0 Å². The van der Waals surface area contributed by atoms with E-state index in [9.17, 15) is 14.3 Å². The van der Waals surface area contributed by atoms with E-state index < -0.39 is 17.8 Å². The standard InChI is InChI=1S/C17H15ClFNO3/c18-14-3-1-2-4-15(14)23-13-9-20(10-13)17(22)16(21)11-5-7-12(19)8-6-11/h1-8,13,16,21H,9-10H2/t16-/m0/s1. The van der Waals surface area contributed by atoms with Crippen LogP contribution in [0.1, 0.15) is 11.7 Å². The van der Waals surface area contributed by atoms with Crippen molar-refractivity contribution in [3.63, 3.8) is 0 Å². The summed E-state index contributed by atoms with van der Waals surface area (Å²) in [4.78, 5) is 13.7. The summed E-state index contributed by atoms with van der Waals surface area (Å²) in [5.41, 5.74) is 0.367. The molecule has 0 saturated carbocycles. The van der Waals surface area contributed by atoms with E-state index in [0.717, 1.165) is 0 Å². The summed E-state index contributed by atoms with van der Waals surface area (Å²) in [6, 6.07) is 12.4. The molecule has 1 atom stereocenters. The zero-order chi connectivity index (χ0) is 16.4. The fraction of sp³-hybridized carbons (Fsp3) is 0.235. The zero-order valence-corrected chi connectivity index (χ0v) is 12.9. The molecule has 1 N–H and O–H groups in total. The zero-order valence-electron chi connectivity index (χ0n) is 12.2. The number of carbonyl (C=O) groups excluding carboxylic acids is 1. The molecule has 2 aromatic rings. The first kappa shape index (κ1) is 15.8. The number of para-hydroxylation sites is 1. The molecule has 0 radical (unpaired) electrons. The van der Waals surface area contributed by atoms with Crippen molar-refractivity contribution >= 4 is 17.5 Å². The fourth-order valence-electron chi connectivity index (χ4n) is 2.37. The monoisotopic (exact) mass is 335 g/mol. The highest BCUT2D eigenvalue weighted by molar-refractivity contribution is 6.32. The lowest BCUT2D eigenvalue weighted by atomic mass is 10.1. The molecule has 2 aromatic carbocycles. The highest BCUT2D eigenvalue weighted by atomic mass is 35.5. The third-order valence-corrected chi connectivity index (χ3v) is 4.02. The number of rotatable bonds is 4. The van der Waals surface area contributed by atoms with Crippen LogP contribution in [-0.4, -0.2) is 35.1 Å². The van der Waals surface area contributed by atoms with Crippen molar-refractivity contribution in [2.45, 2.75) is 12.2 Å². The Morgan fingerprint density at radius 2 is 1.87 bits per heavy atom. The number of carbonyl (C=O) groups is 1. The third-order valence-electron chi connectivity index (χ3n) is 3.71. The summed E-state index contributed by atoms with van der Waals surface area (Å²) in [5.74, 6) is -0.258. The number of benzene rings is 2. The Labute approximate surface area is 138 Å². The van der Waals surface area contributed by atoms with Gasteiger partial charge in [-0.3, -0.25) is 4.79 Å². The van der Waals surface area contributed by atoms with Crippen LogP contribution in [0.25, 0.3) is 0 Å². The first-order valence-electron chi connectivity index (χ1n) is 7.18. The lowest BCUT2D eigenvalue weighted by Gasteiger charge is -2.40. The number of amides is 1. The van der Waals surface area contributed by atoms with Crippen LogP contribution in [0.4, 0.5) is 4.39 Å². The topological polar surface area (TPSA) is 49.8 Å². The maximum absolute atomic E-state index is 12.9. The quantitative estimate of drug-likeness (QED) is 0.934. The summed E-state index contributed by atoms with van der Waals surface area (Å²) in [6.07, 6.45) is -1.45. The molecule has 6 heteroatoms. The SMILES string of the molecule is O=C([C@@H](O)c1ccc(F)cc1)N1CC(Oc2ccccc2Cl)C1. The van der Waals surface area contributed by atoms with E-state index in [1.54, 1.807) is 12.1 Å². The number of hydrogen-bond donors (Lipinski definition) is 1. The number of nitrogens with zero attached hydrogens (tertiary/aromatic N) is 1. The van der Waals surface area contributed by atoms with Gasteiger partial charge < -0.3 is 14.7 Å². The van der Waals surface area contributed by atoms with Crippen molar-refractivity contribution in [2.24, 2.45) is 0 Å². The first-order chi connectivity index (χ1) is 11.0. The van der Waals surface area contributed by atoms with Crippen molar-refractivity contribution in [3.05, 3.63) is 64.9 Å². The predicted molar refractivity (Wildman–Crippen MR) is 83.8 cm³/mol. The van der Waals surface area contributed by atoms with E-state index in [1.165, 1.54) is 29.2 Å². The van der Waals surface area contributed by atoms with Crippen molar-refractivity contribution in [2.75, 3.05) is 13.1 Å². The van der Waals surface area contributed by atoms with Gasteiger partial charge in [0.1, 0.15) is 17.7 Å². The molecule has 0 spiro atoms. The molecule has 0 unspecified atom stereocenters. The molecule has 0 aromatic heterocycles. The van der Waals surface area contributed by atoms with Crippen LogP contribution >= 0.6 is 11.6 Å². The summed E-state index contributed by atoms with van der Waals surface area (Å²) < 4.78 is 18.6. The highest BCUT2D eigenvalue weighted by Crippen LogP contribution is 2.27. The number of halogens is 2. The summed E-state index contributed by atoms with van der Waals surface area (Å²) in [7, 11) is 0. The van der Waals surface area contributed by atoms with E-state index in [1.807, 2.05) is 12.1 Å². The Hall–Kier alpha value is -2.11. The molecular formula is C17H15ClFNO3. The van der Waals surface area contributed by atoms with E-state index in [4.69, 9.17) is 16.3 Å². The second kappa shape index (κ2) is 6.56. The van der Waals surface area contributed by atoms with Crippen molar-refractivity contribution in [1.82, 2.24) is 4.90 Å². The minimum Gasteiger partial charge on any atom is -0.485 e. The molecule has 1 aliphatic rings. The molecule has 1 amide bonds. The van der Waals surface area contributed by atoms with Crippen LogP contribution in [0.3, 0.4) is 0 Å². The predicted octanol–water partition coefficient (Wildman–Crippen LogP) is 2.80. The molecule has 4 nitrogen and oxygen atoms in total. The third kappa shape index (κ3) is 3.46. The molecule has 0 aliphatic carbocycles.